The number of carbonyl (C=O) groups is 2. The first-order chi connectivity index (χ1) is 17.9. The molecule has 9 nitrogen and oxygen atoms in total. The standard InChI is InChI=1S/C28H40N4O5/c1-4-6-13-31(14-7-5-2)26(33)18-32-17-21(20-8-10-23-24(16-20)37-19-36-23)27(28(34)35)22(32)9-11-25-29-12-15-30(25)3/h8,10,12,15-16,21-22,27H,4-7,9,11,13-14,17-19H2,1-3H3,(H,34,35). The topological polar surface area (TPSA) is 97.1 Å². The number of carbonyl (C=O) groups excluding carboxylic acids is 1. The second-order valence-corrected chi connectivity index (χ2v) is 10.2. The van der Waals surface area contributed by atoms with Gasteiger partial charge in [-0.1, -0.05) is 32.8 Å². The van der Waals surface area contributed by atoms with Crippen molar-refractivity contribution >= 4 is 11.9 Å². The molecule has 1 N–H and O–H groups in total. The van der Waals surface area contributed by atoms with Gasteiger partial charge < -0.3 is 24.0 Å². The van der Waals surface area contributed by atoms with Gasteiger partial charge in [0.25, 0.3) is 0 Å². The number of nitrogens with zero attached hydrogens (tertiary/aromatic N) is 4. The molecule has 202 valence electrons. The molecule has 0 spiro atoms. The lowest BCUT2D eigenvalue weighted by Gasteiger charge is -2.29. The minimum atomic E-state index is -0.837. The maximum absolute atomic E-state index is 13.5. The fourth-order valence-electron chi connectivity index (χ4n) is 5.58. The summed E-state index contributed by atoms with van der Waals surface area (Å²) >= 11 is 0. The molecule has 3 heterocycles. The first-order valence-corrected chi connectivity index (χ1v) is 13.5. The molecule has 1 saturated heterocycles. The van der Waals surface area contributed by atoms with Gasteiger partial charge in [0.15, 0.2) is 11.5 Å². The maximum Gasteiger partial charge on any atom is 0.308 e. The number of benzene rings is 1. The number of aryl methyl sites for hydroxylation is 2. The SMILES string of the molecule is CCCCN(CCCC)C(=O)CN1CC(c2ccc3c(c2)OCO3)C(C(=O)O)C1CCc1nccn1C. The number of amides is 1. The van der Waals surface area contributed by atoms with Crippen molar-refractivity contribution in [3.63, 3.8) is 0 Å². The average Bonchev–Trinajstić information content (AvgIpc) is 3.60. The molecular formula is C28H40N4O5. The lowest BCUT2D eigenvalue weighted by Crippen LogP contribution is -2.45. The van der Waals surface area contributed by atoms with E-state index in [0.717, 1.165) is 50.2 Å². The van der Waals surface area contributed by atoms with Gasteiger partial charge in [0.05, 0.1) is 12.5 Å². The van der Waals surface area contributed by atoms with Crippen LogP contribution >= 0.6 is 0 Å². The predicted molar refractivity (Wildman–Crippen MR) is 140 cm³/mol. The number of hydrogen-bond donors (Lipinski definition) is 1. The summed E-state index contributed by atoms with van der Waals surface area (Å²) in [6.45, 7) is 6.65. The molecule has 2 aliphatic heterocycles. The summed E-state index contributed by atoms with van der Waals surface area (Å²) in [5, 5.41) is 10.4. The number of hydrogen-bond acceptors (Lipinski definition) is 6. The number of aromatic nitrogens is 2. The van der Waals surface area contributed by atoms with Gasteiger partial charge in [0.1, 0.15) is 5.82 Å². The highest BCUT2D eigenvalue weighted by Gasteiger charge is 2.47. The Labute approximate surface area is 219 Å². The minimum absolute atomic E-state index is 0.0827. The van der Waals surface area contributed by atoms with Crippen molar-refractivity contribution in [1.82, 2.24) is 19.4 Å². The Bertz CT molecular complexity index is 1060. The number of aliphatic carboxylic acids is 1. The van der Waals surface area contributed by atoms with Crippen LogP contribution in [-0.4, -0.2) is 75.3 Å². The van der Waals surface area contributed by atoms with Gasteiger partial charge in [-0.2, -0.15) is 0 Å². The molecule has 37 heavy (non-hydrogen) atoms. The third-order valence-corrected chi connectivity index (χ3v) is 7.70. The van der Waals surface area contributed by atoms with Gasteiger partial charge in [-0.05, 0) is 37.0 Å². The van der Waals surface area contributed by atoms with Crippen LogP contribution in [0.3, 0.4) is 0 Å². The normalized spacial score (nSPS) is 20.9. The molecule has 3 atom stereocenters. The van der Waals surface area contributed by atoms with E-state index in [-0.39, 0.29) is 31.2 Å². The summed E-state index contributed by atoms with van der Waals surface area (Å²) in [4.78, 5) is 34.7. The van der Waals surface area contributed by atoms with Crippen molar-refractivity contribution in [2.24, 2.45) is 13.0 Å². The van der Waals surface area contributed by atoms with Crippen LogP contribution in [0.25, 0.3) is 0 Å². The van der Waals surface area contributed by atoms with Crippen molar-refractivity contribution in [2.45, 2.75) is 64.3 Å². The van der Waals surface area contributed by atoms with E-state index in [2.05, 4.69) is 23.7 Å². The number of carboxylic acids is 1. The Morgan fingerprint density at radius 1 is 1.14 bits per heavy atom. The lowest BCUT2D eigenvalue weighted by molar-refractivity contribution is -0.143. The van der Waals surface area contributed by atoms with Crippen LogP contribution in [0.5, 0.6) is 11.5 Å². The van der Waals surface area contributed by atoms with E-state index in [1.165, 1.54) is 0 Å². The van der Waals surface area contributed by atoms with Crippen LogP contribution in [0.15, 0.2) is 30.6 Å². The van der Waals surface area contributed by atoms with Gasteiger partial charge in [-0.3, -0.25) is 14.5 Å². The zero-order chi connectivity index (χ0) is 26.4. The zero-order valence-corrected chi connectivity index (χ0v) is 22.3. The third-order valence-electron chi connectivity index (χ3n) is 7.70. The van der Waals surface area contributed by atoms with E-state index >= 15 is 0 Å². The fraction of sp³-hybridized carbons (Fsp3) is 0.607. The largest absolute Gasteiger partial charge is 0.481 e. The van der Waals surface area contributed by atoms with E-state index in [4.69, 9.17) is 9.47 Å². The Balaban J connectivity index is 1.59. The zero-order valence-electron chi connectivity index (χ0n) is 22.3. The number of carboxylic acid groups (broad SMARTS) is 1. The monoisotopic (exact) mass is 512 g/mol. The number of likely N-dealkylation sites (tertiary alicyclic amines) is 1. The van der Waals surface area contributed by atoms with Crippen molar-refractivity contribution in [2.75, 3.05) is 33.0 Å². The summed E-state index contributed by atoms with van der Waals surface area (Å²) in [7, 11) is 1.95. The molecule has 4 rings (SSSR count). The van der Waals surface area contributed by atoms with Gasteiger partial charge in [-0.25, -0.2) is 4.98 Å². The van der Waals surface area contributed by atoms with E-state index in [1.807, 2.05) is 40.9 Å². The summed E-state index contributed by atoms with van der Waals surface area (Å²) in [6, 6.07) is 5.40. The van der Waals surface area contributed by atoms with Crippen LogP contribution in [0.1, 0.15) is 63.3 Å². The molecule has 1 fully saturated rings. The Hall–Kier alpha value is -3.07. The lowest BCUT2D eigenvalue weighted by atomic mass is 9.83. The highest BCUT2D eigenvalue weighted by atomic mass is 16.7. The quantitative estimate of drug-likeness (QED) is 0.437. The number of rotatable bonds is 13. The molecule has 2 aliphatic rings. The molecule has 0 radical (unpaired) electrons. The van der Waals surface area contributed by atoms with Crippen molar-refractivity contribution in [3.8, 4) is 11.5 Å². The van der Waals surface area contributed by atoms with Crippen LogP contribution in [-0.2, 0) is 23.1 Å². The molecule has 3 unspecified atom stereocenters. The van der Waals surface area contributed by atoms with Crippen molar-refractivity contribution in [1.29, 1.82) is 0 Å². The summed E-state index contributed by atoms with van der Waals surface area (Å²) in [5.74, 6) is 0.574. The number of ether oxygens (including phenoxy) is 2. The summed E-state index contributed by atoms with van der Waals surface area (Å²) in [5.41, 5.74) is 0.905. The second-order valence-electron chi connectivity index (χ2n) is 10.2. The first kappa shape index (κ1) is 27.0. The Morgan fingerprint density at radius 3 is 2.51 bits per heavy atom. The van der Waals surface area contributed by atoms with Crippen molar-refractivity contribution < 1.29 is 24.2 Å². The molecule has 9 heteroatoms. The Morgan fingerprint density at radius 2 is 1.86 bits per heavy atom. The number of unbranched alkanes of at least 4 members (excludes halogenated alkanes) is 2. The summed E-state index contributed by atoms with van der Waals surface area (Å²) < 4.78 is 13.0. The average molecular weight is 513 g/mol. The van der Waals surface area contributed by atoms with Crippen LogP contribution < -0.4 is 9.47 Å². The van der Waals surface area contributed by atoms with E-state index in [0.29, 0.717) is 30.9 Å². The molecular weight excluding hydrogens is 472 g/mol. The van der Waals surface area contributed by atoms with E-state index < -0.39 is 11.9 Å². The van der Waals surface area contributed by atoms with Crippen LogP contribution in [0, 0.1) is 5.92 Å². The third kappa shape index (κ3) is 6.26. The molecule has 2 aromatic rings. The molecule has 0 aliphatic carbocycles. The smallest absolute Gasteiger partial charge is 0.308 e. The van der Waals surface area contributed by atoms with Crippen LogP contribution in [0.2, 0.25) is 0 Å². The van der Waals surface area contributed by atoms with Gasteiger partial charge in [0, 0.05) is 57.5 Å². The van der Waals surface area contributed by atoms with E-state index in [1.54, 1.807) is 6.20 Å². The van der Waals surface area contributed by atoms with Gasteiger partial charge in [0.2, 0.25) is 12.7 Å². The number of imidazole rings is 1. The fourth-order valence-corrected chi connectivity index (χ4v) is 5.58. The van der Waals surface area contributed by atoms with Gasteiger partial charge >= 0.3 is 5.97 Å². The minimum Gasteiger partial charge on any atom is -0.481 e. The summed E-state index contributed by atoms with van der Waals surface area (Å²) in [6.07, 6.45) is 8.90. The van der Waals surface area contributed by atoms with Crippen molar-refractivity contribution in [3.05, 3.63) is 42.0 Å². The highest BCUT2D eigenvalue weighted by molar-refractivity contribution is 5.79. The number of fused-ring (bicyclic) bond motifs is 1. The molecule has 1 aromatic heterocycles. The molecule has 0 bridgehead atoms. The molecule has 1 amide bonds. The highest BCUT2D eigenvalue weighted by Crippen LogP contribution is 2.43. The molecule has 1 aromatic carbocycles. The Kier molecular flexibility index (Phi) is 9.08. The maximum atomic E-state index is 13.5. The predicted octanol–water partition coefficient (Wildman–Crippen LogP) is 3.68. The second kappa shape index (κ2) is 12.4. The van der Waals surface area contributed by atoms with Crippen LogP contribution in [0.4, 0.5) is 0 Å². The molecule has 0 saturated carbocycles. The van der Waals surface area contributed by atoms with Gasteiger partial charge in [-0.15, -0.1) is 0 Å². The van der Waals surface area contributed by atoms with E-state index in [9.17, 15) is 14.7 Å². The first-order valence-electron chi connectivity index (χ1n) is 13.5.